The number of hydrogen-bond acceptors (Lipinski definition) is 2. The van der Waals surface area contributed by atoms with Gasteiger partial charge in [-0.3, -0.25) is 4.79 Å². The van der Waals surface area contributed by atoms with Gasteiger partial charge in [0.05, 0.1) is 5.02 Å². The Morgan fingerprint density at radius 3 is 2.60 bits per heavy atom. The molecule has 0 N–H and O–H groups in total. The smallest absolute Gasteiger partial charge is 0.161 e. The monoisotopic (exact) mass is 351 g/mol. The number of benzene rings is 2. The van der Waals surface area contributed by atoms with Crippen LogP contribution < -0.4 is 4.90 Å². The summed E-state index contributed by atoms with van der Waals surface area (Å²) in [5.41, 5.74) is 2.75. The number of halogens is 2. The second-order valence-corrected chi connectivity index (χ2v) is 6.03. The van der Waals surface area contributed by atoms with Crippen LogP contribution >= 0.6 is 27.5 Å². The zero-order chi connectivity index (χ0) is 14.7. The number of Topliss-reactive ketones (excluding diaryl/α,β-unsaturated/α-hetero) is 1. The van der Waals surface area contributed by atoms with E-state index in [-0.39, 0.29) is 5.78 Å². The van der Waals surface area contributed by atoms with E-state index in [1.165, 1.54) is 12.5 Å². The second kappa shape index (κ2) is 6.42. The van der Waals surface area contributed by atoms with E-state index in [2.05, 4.69) is 33.0 Å². The van der Waals surface area contributed by atoms with E-state index in [0.717, 1.165) is 16.7 Å². The lowest BCUT2D eigenvalue weighted by Crippen LogP contribution is -2.16. The van der Waals surface area contributed by atoms with Gasteiger partial charge in [0, 0.05) is 29.3 Å². The Labute approximate surface area is 132 Å². The van der Waals surface area contributed by atoms with Crippen molar-refractivity contribution in [2.75, 3.05) is 11.9 Å². The Morgan fingerprint density at radius 1 is 1.25 bits per heavy atom. The average Bonchev–Trinajstić information content (AvgIpc) is 2.38. The summed E-state index contributed by atoms with van der Waals surface area (Å²) in [4.78, 5) is 13.5. The van der Waals surface area contributed by atoms with Crippen LogP contribution in [0.5, 0.6) is 0 Å². The summed E-state index contributed by atoms with van der Waals surface area (Å²) in [5, 5.41) is 0.496. The number of rotatable bonds is 4. The summed E-state index contributed by atoms with van der Waals surface area (Å²) < 4.78 is 1.06. The van der Waals surface area contributed by atoms with Crippen molar-refractivity contribution < 1.29 is 4.79 Å². The number of hydrogen-bond donors (Lipinski definition) is 0. The van der Waals surface area contributed by atoms with E-state index in [1.54, 1.807) is 6.07 Å². The molecule has 0 saturated heterocycles. The van der Waals surface area contributed by atoms with Crippen molar-refractivity contribution in [3.8, 4) is 0 Å². The van der Waals surface area contributed by atoms with Gasteiger partial charge in [-0.25, -0.2) is 0 Å². The predicted octanol–water partition coefficient (Wildman–Crippen LogP) is 4.94. The first-order valence-corrected chi connectivity index (χ1v) is 7.40. The van der Waals surface area contributed by atoms with Gasteiger partial charge in [-0.05, 0) is 42.8 Å². The molecule has 0 atom stereocenters. The molecular formula is C16H15BrClNO. The summed E-state index contributed by atoms with van der Waals surface area (Å²) in [6.45, 7) is 2.29. The molecule has 2 rings (SSSR count). The van der Waals surface area contributed by atoms with Gasteiger partial charge in [0.2, 0.25) is 0 Å². The van der Waals surface area contributed by atoms with Crippen molar-refractivity contribution in [3.63, 3.8) is 0 Å². The van der Waals surface area contributed by atoms with E-state index < -0.39 is 0 Å². The van der Waals surface area contributed by atoms with Crippen LogP contribution in [0, 0.1) is 0 Å². The largest absolute Gasteiger partial charge is 0.370 e. The Hall–Kier alpha value is -1.32. The molecule has 0 unspecified atom stereocenters. The van der Waals surface area contributed by atoms with Crippen molar-refractivity contribution in [1.29, 1.82) is 0 Å². The molecule has 0 spiro atoms. The van der Waals surface area contributed by atoms with Gasteiger partial charge in [0.25, 0.3) is 0 Å². The van der Waals surface area contributed by atoms with Crippen LogP contribution in [0.25, 0.3) is 0 Å². The number of nitrogens with zero attached hydrogens (tertiary/aromatic N) is 1. The topological polar surface area (TPSA) is 20.3 Å². The minimum atomic E-state index is -0.0174. The molecule has 2 aromatic carbocycles. The highest BCUT2D eigenvalue weighted by molar-refractivity contribution is 9.10. The first-order valence-electron chi connectivity index (χ1n) is 6.23. The molecule has 0 aliphatic carbocycles. The molecule has 0 aromatic heterocycles. The third-order valence-corrected chi connectivity index (χ3v) is 3.89. The molecule has 2 aromatic rings. The van der Waals surface area contributed by atoms with Crippen molar-refractivity contribution in [1.82, 2.24) is 0 Å². The molecule has 0 radical (unpaired) electrons. The average molecular weight is 353 g/mol. The van der Waals surface area contributed by atoms with Gasteiger partial charge in [0.1, 0.15) is 0 Å². The molecular weight excluding hydrogens is 338 g/mol. The van der Waals surface area contributed by atoms with E-state index in [4.69, 9.17) is 11.6 Å². The van der Waals surface area contributed by atoms with Gasteiger partial charge in [-0.2, -0.15) is 0 Å². The summed E-state index contributed by atoms with van der Waals surface area (Å²) in [6, 6.07) is 13.7. The Kier molecular flexibility index (Phi) is 4.84. The van der Waals surface area contributed by atoms with Crippen LogP contribution in [0.3, 0.4) is 0 Å². The third kappa shape index (κ3) is 3.62. The van der Waals surface area contributed by atoms with Crippen LogP contribution in [0.2, 0.25) is 5.02 Å². The fraction of sp³-hybridized carbons (Fsp3) is 0.188. The Balaban J connectivity index is 2.19. The fourth-order valence-corrected chi connectivity index (χ4v) is 2.78. The first kappa shape index (κ1) is 15.1. The van der Waals surface area contributed by atoms with E-state index in [1.807, 2.05) is 31.3 Å². The maximum absolute atomic E-state index is 11.4. The fourth-order valence-electron chi connectivity index (χ4n) is 2.03. The maximum Gasteiger partial charge on any atom is 0.161 e. The zero-order valence-electron chi connectivity index (χ0n) is 11.4. The normalized spacial score (nSPS) is 10.4. The molecule has 0 aliphatic rings. The Morgan fingerprint density at radius 2 is 2.00 bits per heavy atom. The molecule has 0 amide bonds. The molecule has 2 nitrogen and oxygen atoms in total. The van der Waals surface area contributed by atoms with E-state index in [9.17, 15) is 4.79 Å². The molecule has 0 bridgehead atoms. The van der Waals surface area contributed by atoms with Crippen molar-refractivity contribution in [2.45, 2.75) is 13.5 Å². The predicted molar refractivity (Wildman–Crippen MR) is 87.7 cm³/mol. The van der Waals surface area contributed by atoms with E-state index >= 15 is 0 Å². The SMILES string of the molecule is CC(=O)c1ccc(N(C)Cc2cccc(Br)c2)cc1Cl. The number of carbonyl (C=O) groups excluding carboxylic acids is 1. The van der Waals surface area contributed by atoms with Gasteiger partial charge in [0.15, 0.2) is 5.78 Å². The van der Waals surface area contributed by atoms with E-state index in [0.29, 0.717) is 10.6 Å². The van der Waals surface area contributed by atoms with Crippen molar-refractivity contribution >= 4 is 39.0 Å². The summed E-state index contributed by atoms with van der Waals surface area (Å²) >= 11 is 9.61. The lowest BCUT2D eigenvalue weighted by molar-refractivity contribution is 0.101. The third-order valence-electron chi connectivity index (χ3n) is 3.08. The minimum absolute atomic E-state index is 0.0174. The van der Waals surface area contributed by atoms with Gasteiger partial charge < -0.3 is 4.90 Å². The van der Waals surface area contributed by atoms with Gasteiger partial charge in [-0.15, -0.1) is 0 Å². The van der Waals surface area contributed by atoms with Crippen LogP contribution in [0.1, 0.15) is 22.8 Å². The lowest BCUT2D eigenvalue weighted by atomic mass is 10.1. The molecule has 0 aliphatic heterocycles. The molecule has 4 heteroatoms. The van der Waals surface area contributed by atoms with Crippen LogP contribution in [0.15, 0.2) is 46.9 Å². The molecule has 104 valence electrons. The molecule has 20 heavy (non-hydrogen) atoms. The standard InChI is InChI=1S/C16H15BrClNO/c1-11(20)15-7-6-14(9-16(15)18)19(2)10-12-4-3-5-13(17)8-12/h3-9H,10H2,1-2H3. The van der Waals surface area contributed by atoms with Crippen molar-refractivity contribution in [2.24, 2.45) is 0 Å². The van der Waals surface area contributed by atoms with Crippen LogP contribution in [-0.4, -0.2) is 12.8 Å². The van der Waals surface area contributed by atoms with Crippen molar-refractivity contribution in [3.05, 3.63) is 63.1 Å². The highest BCUT2D eigenvalue weighted by atomic mass is 79.9. The van der Waals surface area contributed by atoms with Gasteiger partial charge in [-0.1, -0.05) is 39.7 Å². The maximum atomic E-state index is 11.4. The van der Waals surface area contributed by atoms with Crippen LogP contribution in [-0.2, 0) is 6.54 Å². The zero-order valence-corrected chi connectivity index (χ0v) is 13.7. The molecule has 0 heterocycles. The summed E-state index contributed by atoms with van der Waals surface area (Å²) in [6.07, 6.45) is 0. The van der Waals surface area contributed by atoms with Crippen LogP contribution in [0.4, 0.5) is 5.69 Å². The highest BCUT2D eigenvalue weighted by Gasteiger charge is 2.09. The molecule has 0 saturated carbocycles. The summed E-state index contributed by atoms with van der Waals surface area (Å²) in [7, 11) is 2.00. The number of carbonyl (C=O) groups is 1. The quantitative estimate of drug-likeness (QED) is 0.726. The number of ketones is 1. The first-order chi connectivity index (χ1) is 9.47. The Bertz CT molecular complexity index is 642. The second-order valence-electron chi connectivity index (χ2n) is 4.71. The number of anilines is 1. The van der Waals surface area contributed by atoms with Gasteiger partial charge >= 0.3 is 0 Å². The minimum Gasteiger partial charge on any atom is -0.370 e. The summed E-state index contributed by atoms with van der Waals surface area (Å²) in [5.74, 6) is -0.0174. The molecule has 0 fully saturated rings. The highest BCUT2D eigenvalue weighted by Crippen LogP contribution is 2.25. The lowest BCUT2D eigenvalue weighted by Gasteiger charge is -2.20.